The number of hydrogen-bond acceptors (Lipinski definition) is 8. The third-order valence-corrected chi connectivity index (χ3v) is 5.96. The number of amides is 1. The van der Waals surface area contributed by atoms with E-state index in [2.05, 4.69) is 5.32 Å². The fraction of sp³-hybridized carbons (Fsp3) is 0.276. The van der Waals surface area contributed by atoms with Crippen LogP contribution in [0.3, 0.4) is 0 Å². The fourth-order valence-corrected chi connectivity index (χ4v) is 4.15. The standard InChI is InChI=1S/C29H29NO8/c1-19(32)30-24-26(38-28(34)22-15-9-4-10-16-22)25(37-27(33)21-13-7-3-8-14-21)23(17-31)36-29(24)35-18-20-11-5-2-6-12-20/h2-16,23-26,29,31H,17-18H2,1H3,(H,30,32)/t23-,24-,25-,26-,29-/m1/s1. The molecule has 1 fully saturated rings. The first kappa shape index (κ1) is 27.0. The maximum Gasteiger partial charge on any atom is 0.338 e. The highest BCUT2D eigenvalue weighted by molar-refractivity contribution is 5.90. The minimum Gasteiger partial charge on any atom is -0.452 e. The Morgan fingerprint density at radius 1 is 0.789 bits per heavy atom. The summed E-state index contributed by atoms with van der Waals surface area (Å²) in [6.07, 6.45) is -4.74. The summed E-state index contributed by atoms with van der Waals surface area (Å²) < 4.78 is 23.6. The van der Waals surface area contributed by atoms with Crippen molar-refractivity contribution >= 4 is 17.8 Å². The van der Waals surface area contributed by atoms with E-state index in [0.717, 1.165) is 5.56 Å². The van der Waals surface area contributed by atoms with Crippen molar-refractivity contribution in [2.24, 2.45) is 0 Å². The molecule has 9 heteroatoms. The molecule has 5 atom stereocenters. The highest BCUT2D eigenvalue weighted by Gasteiger charge is 2.51. The molecule has 198 valence electrons. The van der Waals surface area contributed by atoms with Gasteiger partial charge in [-0.2, -0.15) is 0 Å². The molecule has 0 aliphatic carbocycles. The lowest BCUT2D eigenvalue weighted by molar-refractivity contribution is -0.272. The Labute approximate surface area is 220 Å². The second-order valence-electron chi connectivity index (χ2n) is 8.72. The summed E-state index contributed by atoms with van der Waals surface area (Å²) in [4.78, 5) is 38.3. The molecule has 1 aliphatic rings. The van der Waals surface area contributed by atoms with Crippen molar-refractivity contribution in [3.63, 3.8) is 0 Å². The summed E-state index contributed by atoms with van der Waals surface area (Å²) in [5, 5.41) is 12.9. The molecule has 0 aromatic heterocycles. The molecule has 1 saturated heterocycles. The summed E-state index contributed by atoms with van der Waals surface area (Å²) in [5.41, 5.74) is 1.36. The highest BCUT2D eigenvalue weighted by atomic mass is 16.7. The first-order valence-corrected chi connectivity index (χ1v) is 12.2. The zero-order chi connectivity index (χ0) is 26.9. The van der Waals surface area contributed by atoms with Crippen LogP contribution < -0.4 is 5.32 Å². The quantitative estimate of drug-likeness (QED) is 0.414. The van der Waals surface area contributed by atoms with Crippen molar-refractivity contribution < 1.29 is 38.4 Å². The molecule has 1 aliphatic heterocycles. The number of esters is 2. The summed E-state index contributed by atoms with van der Waals surface area (Å²) in [6, 6.07) is 24.8. The van der Waals surface area contributed by atoms with Crippen LogP contribution in [0.4, 0.5) is 0 Å². The van der Waals surface area contributed by atoms with E-state index in [1.165, 1.54) is 6.92 Å². The van der Waals surface area contributed by atoms with Gasteiger partial charge in [0.1, 0.15) is 12.1 Å². The van der Waals surface area contributed by atoms with Gasteiger partial charge in [-0.1, -0.05) is 66.7 Å². The lowest BCUT2D eigenvalue weighted by Crippen LogP contribution is -2.66. The molecular formula is C29H29NO8. The largest absolute Gasteiger partial charge is 0.452 e. The minimum atomic E-state index is -1.26. The maximum atomic E-state index is 13.1. The van der Waals surface area contributed by atoms with E-state index in [1.807, 2.05) is 30.3 Å². The summed E-state index contributed by atoms with van der Waals surface area (Å²) >= 11 is 0. The molecule has 0 radical (unpaired) electrons. The van der Waals surface area contributed by atoms with Crippen molar-refractivity contribution in [2.45, 2.75) is 44.2 Å². The van der Waals surface area contributed by atoms with Gasteiger partial charge in [0, 0.05) is 6.92 Å². The molecule has 1 heterocycles. The Morgan fingerprint density at radius 3 is 1.79 bits per heavy atom. The number of rotatable bonds is 9. The Kier molecular flexibility index (Phi) is 9.21. The Bertz CT molecular complexity index is 1210. The highest BCUT2D eigenvalue weighted by Crippen LogP contribution is 2.29. The van der Waals surface area contributed by atoms with Gasteiger partial charge < -0.3 is 29.4 Å². The number of carbonyl (C=O) groups is 3. The van der Waals surface area contributed by atoms with Gasteiger partial charge in [-0.3, -0.25) is 4.79 Å². The zero-order valence-corrected chi connectivity index (χ0v) is 20.8. The molecular weight excluding hydrogens is 490 g/mol. The van der Waals surface area contributed by atoms with E-state index in [9.17, 15) is 19.5 Å². The molecule has 0 saturated carbocycles. The van der Waals surface area contributed by atoms with Crippen LogP contribution >= 0.6 is 0 Å². The molecule has 0 bridgehead atoms. The van der Waals surface area contributed by atoms with E-state index in [1.54, 1.807) is 60.7 Å². The van der Waals surface area contributed by atoms with Crippen molar-refractivity contribution in [2.75, 3.05) is 6.61 Å². The zero-order valence-electron chi connectivity index (χ0n) is 20.8. The van der Waals surface area contributed by atoms with Crippen LogP contribution in [0, 0.1) is 0 Å². The number of carbonyl (C=O) groups excluding carboxylic acids is 3. The lowest BCUT2D eigenvalue weighted by atomic mass is 9.95. The second kappa shape index (κ2) is 13.0. The van der Waals surface area contributed by atoms with Gasteiger partial charge in [0.15, 0.2) is 18.5 Å². The molecule has 0 spiro atoms. The number of hydrogen-bond donors (Lipinski definition) is 2. The molecule has 9 nitrogen and oxygen atoms in total. The number of nitrogens with one attached hydrogen (secondary N) is 1. The minimum absolute atomic E-state index is 0.119. The molecule has 38 heavy (non-hydrogen) atoms. The Hall–Kier alpha value is -4.05. The van der Waals surface area contributed by atoms with Crippen molar-refractivity contribution in [3.05, 3.63) is 108 Å². The van der Waals surface area contributed by atoms with Crippen molar-refractivity contribution in [1.82, 2.24) is 5.32 Å². The van der Waals surface area contributed by atoms with Crippen LogP contribution in [0.25, 0.3) is 0 Å². The smallest absolute Gasteiger partial charge is 0.338 e. The predicted molar refractivity (Wildman–Crippen MR) is 136 cm³/mol. The van der Waals surface area contributed by atoms with E-state index in [0.29, 0.717) is 0 Å². The summed E-state index contributed by atoms with van der Waals surface area (Å²) in [5.74, 6) is -1.85. The van der Waals surface area contributed by atoms with Gasteiger partial charge >= 0.3 is 11.9 Å². The molecule has 2 N–H and O–H groups in total. The molecule has 4 rings (SSSR count). The van der Waals surface area contributed by atoms with Crippen LogP contribution in [0.2, 0.25) is 0 Å². The Balaban J connectivity index is 1.66. The van der Waals surface area contributed by atoms with Gasteiger partial charge in [-0.25, -0.2) is 9.59 Å². The van der Waals surface area contributed by atoms with Crippen molar-refractivity contribution in [3.8, 4) is 0 Å². The lowest BCUT2D eigenvalue weighted by Gasteiger charge is -2.44. The number of aliphatic hydroxyl groups is 1. The monoisotopic (exact) mass is 519 g/mol. The fourth-order valence-electron chi connectivity index (χ4n) is 4.15. The number of aliphatic hydroxyl groups excluding tert-OH is 1. The van der Waals surface area contributed by atoms with E-state index < -0.39 is 55.1 Å². The first-order chi connectivity index (χ1) is 18.5. The molecule has 3 aromatic carbocycles. The van der Waals surface area contributed by atoms with Crippen LogP contribution in [-0.4, -0.2) is 60.2 Å². The van der Waals surface area contributed by atoms with E-state index >= 15 is 0 Å². The third kappa shape index (κ3) is 6.83. The maximum absolute atomic E-state index is 13.1. The normalized spacial score (nSPS) is 22.7. The summed E-state index contributed by atoms with van der Waals surface area (Å²) in [6.45, 7) is 0.852. The van der Waals surface area contributed by atoms with E-state index in [4.69, 9.17) is 18.9 Å². The van der Waals surface area contributed by atoms with Crippen LogP contribution in [0.5, 0.6) is 0 Å². The average molecular weight is 520 g/mol. The predicted octanol–water partition coefficient (Wildman–Crippen LogP) is 2.88. The van der Waals surface area contributed by atoms with Crippen molar-refractivity contribution in [1.29, 1.82) is 0 Å². The first-order valence-electron chi connectivity index (χ1n) is 12.2. The average Bonchev–Trinajstić information content (AvgIpc) is 2.95. The van der Waals surface area contributed by atoms with Crippen LogP contribution in [0.1, 0.15) is 33.2 Å². The van der Waals surface area contributed by atoms with E-state index in [-0.39, 0.29) is 17.7 Å². The molecule has 3 aromatic rings. The topological polar surface area (TPSA) is 120 Å². The molecule has 0 unspecified atom stereocenters. The summed E-state index contributed by atoms with van der Waals surface area (Å²) in [7, 11) is 0. The SMILES string of the molecule is CC(=O)N[C@H]1[C@H](OCc2ccccc2)O[C@H](CO)[C@@H](OC(=O)c2ccccc2)[C@@H]1OC(=O)c1ccccc1. The number of ether oxygens (including phenoxy) is 4. The Morgan fingerprint density at radius 2 is 1.29 bits per heavy atom. The van der Waals surface area contributed by atoms with Crippen LogP contribution in [0.15, 0.2) is 91.0 Å². The van der Waals surface area contributed by atoms with Gasteiger partial charge in [-0.15, -0.1) is 0 Å². The molecule has 1 amide bonds. The number of benzene rings is 3. The van der Waals surface area contributed by atoms with Gasteiger partial charge in [0.25, 0.3) is 0 Å². The third-order valence-electron chi connectivity index (χ3n) is 5.96. The van der Waals surface area contributed by atoms with Crippen LogP contribution in [-0.2, 0) is 30.3 Å². The van der Waals surface area contributed by atoms with Gasteiger partial charge in [0.05, 0.1) is 24.3 Å². The van der Waals surface area contributed by atoms with Gasteiger partial charge in [0.2, 0.25) is 5.91 Å². The van der Waals surface area contributed by atoms with Gasteiger partial charge in [-0.05, 0) is 29.8 Å². The second-order valence-corrected chi connectivity index (χ2v) is 8.72.